The third kappa shape index (κ3) is 1010. The molecule has 17 heavy (non-hydrogen) atoms. The standard InChI is InChI=1S/2Cd.3H3O4P/c;;3*1-5(2,3)4/h;;3*(H3,1,2,3,4). The molecule has 0 aromatic carbocycles. The third-order valence-corrected chi connectivity index (χ3v) is 0. The van der Waals surface area contributed by atoms with Gasteiger partial charge in [-0.05, 0) is 0 Å². The molecule has 12 nitrogen and oxygen atoms in total. The van der Waals surface area contributed by atoms with Gasteiger partial charge in [0, 0.05) is 54.6 Å². The molecule has 100 valence electrons. The first kappa shape index (κ1) is 31.5. The number of phosphoric acid groups is 3. The maximum absolute atomic E-state index is 8.88. The number of hydrogen-bond donors (Lipinski definition) is 9. The van der Waals surface area contributed by atoms with Gasteiger partial charge in [0.15, 0.2) is 0 Å². The van der Waals surface area contributed by atoms with Crippen LogP contribution in [0.4, 0.5) is 0 Å². The van der Waals surface area contributed by atoms with E-state index in [1.807, 2.05) is 0 Å². The van der Waals surface area contributed by atoms with Crippen molar-refractivity contribution in [3.8, 4) is 0 Å². The first-order valence-electron chi connectivity index (χ1n) is 2.35. The molecule has 0 amide bonds. The van der Waals surface area contributed by atoms with Crippen molar-refractivity contribution in [3.05, 3.63) is 0 Å². The van der Waals surface area contributed by atoms with Crippen LogP contribution in [0.2, 0.25) is 0 Å². The summed E-state index contributed by atoms with van der Waals surface area (Å²) < 4.78 is 26.6. The summed E-state index contributed by atoms with van der Waals surface area (Å²) in [5, 5.41) is 0. The Morgan fingerprint density at radius 1 is 0.412 bits per heavy atom. The van der Waals surface area contributed by atoms with E-state index in [0.29, 0.717) is 0 Å². The van der Waals surface area contributed by atoms with Crippen LogP contribution in [0.5, 0.6) is 0 Å². The Morgan fingerprint density at radius 3 is 0.412 bits per heavy atom. The molecule has 0 saturated carbocycles. The first-order valence-corrected chi connectivity index (χ1v) is 7.04. The molecule has 0 bridgehead atoms. The molecule has 0 aromatic rings. The van der Waals surface area contributed by atoms with E-state index < -0.39 is 23.5 Å². The van der Waals surface area contributed by atoms with Crippen LogP contribution in [0, 0.1) is 0 Å². The van der Waals surface area contributed by atoms with Crippen molar-refractivity contribution in [2.45, 2.75) is 0 Å². The third-order valence-electron chi connectivity index (χ3n) is 0. The normalized spacial score (nSPS) is 10.4. The zero-order valence-corrected chi connectivity index (χ0v) is 18.8. The minimum atomic E-state index is -4.64. The van der Waals surface area contributed by atoms with E-state index in [-0.39, 0.29) is 54.6 Å². The molecule has 0 fully saturated rings. The fourth-order valence-electron chi connectivity index (χ4n) is 0. The number of rotatable bonds is 0. The minimum absolute atomic E-state index is 0. The summed E-state index contributed by atoms with van der Waals surface area (Å²) in [6.07, 6.45) is 0. The van der Waals surface area contributed by atoms with Gasteiger partial charge < -0.3 is 44.0 Å². The van der Waals surface area contributed by atoms with Crippen molar-refractivity contribution in [3.63, 3.8) is 0 Å². The van der Waals surface area contributed by atoms with Crippen LogP contribution in [-0.4, -0.2) is 44.0 Å². The Kier molecular flexibility index (Phi) is 24.4. The van der Waals surface area contributed by atoms with Gasteiger partial charge in [-0.1, -0.05) is 0 Å². The van der Waals surface area contributed by atoms with Crippen LogP contribution < -0.4 is 0 Å². The van der Waals surface area contributed by atoms with E-state index in [9.17, 15) is 0 Å². The van der Waals surface area contributed by atoms with Gasteiger partial charge in [0.05, 0.1) is 0 Å². The van der Waals surface area contributed by atoms with Gasteiger partial charge in [0.1, 0.15) is 0 Å². The first-order chi connectivity index (χ1) is 6.00. The molecule has 0 rings (SSSR count). The predicted octanol–water partition coefficient (Wildman–Crippen LogP) is -2.79. The number of hydrogen-bond acceptors (Lipinski definition) is 3. The second-order valence-electron chi connectivity index (χ2n) is 1.54. The van der Waals surface area contributed by atoms with Crippen molar-refractivity contribution < 1.29 is 112 Å². The van der Waals surface area contributed by atoms with Gasteiger partial charge in [-0.15, -0.1) is 0 Å². The molecule has 0 aliphatic carbocycles. The Bertz CT molecular complexity index is 206. The summed E-state index contributed by atoms with van der Waals surface area (Å²) in [7, 11) is -13.9. The Balaban J connectivity index is -0.0000000400. The van der Waals surface area contributed by atoms with E-state index in [1.165, 1.54) is 0 Å². The predicted molar refractivity (Wildman–Crippen MR) is 42.8 cm³/mol. The molecule has 9 N–H and O–H groups in total. The summed E-state index contributed by atoms with van der Waals surface area (Å²) in [4.78, 5) is 64.7. The SMILES string of the molecule is O=P(O)(O)O.O=P(O)(O)O.O=P(O)(O)O.[Cd].[Cd]. The smallest absolute Gasteiger partial charge is 0.303 e. The molecule has 0 radical (unpaired) electrons. The van der Waals surface area contributed by atoms with Crippen molar-refractivity contribution in [2.75, 3.05) is 0 Å². The van der Waals surface area contributed by atoms with E-state index in [2.05, 4.69) is 0 Å². The molecule has 0 aliphatic heterocycles. The summed E-state index contributed by atoms with van der Waals surface area (Å²) in [5.41, 5.74) is 0. The fraction of sp³-hybridized carbons (Fsp3) is 0. The average molecular weight is 519 g/mol. The van der Waals surface area contributed by atoms with Gasteiger partial charge in [-0.2, -0.15) is 0 Å². The summed E-state index contributed by atoms with van der Waals surface area (Å²) >= 11 is 0. The quantitative estimate of drug-likeness (QED) is 0.117. The molecule has 17 heteroatoms. The molecule has 0 spiro atoms. The summed E-state index contributed by atoms with van der Waals surface area (Å²) in [6, 6.07) is 0. The summed E-state index contributed by atoms with van der Waals surface area (Å²) in [6.45, 7) is 0. The molecule has 0 atom stereocenters. The van der Waals surface area contributed by atoms with Crippen molar-refractivity contribution in [1.29, 1.82) is 0 Å². The topological polar surface area (TPSA) is 233 Å². The minimum Gasteiger partial charge on any atom is -0.303 e. The van der Waals surface area contributed by atoms with E-state index in [4.69, 9.17) is 57.7 Å². The molecular weight excluding hydrogens is 510 g/mol. The van der Waals surface area contributed by atoms with Crippen LogP contribution in [0.3, 0.4) is 0 Å². The molecule has 0 saturated heterocycles. The largest absolute Gasteiger partial charge is 0.466 e. The van der Waals surface area contributed by atoms with Crippen molar-refractivity contribution >= 4 is 23.5 Å². The average Bonchev–Trinajstić information content (AvgIpc) is 1.41. The van der Waals surface area contributed by atoms with E-state index >= 15 is 0 Å². The van der Waals surface area contributed by atoms with Crippen LogP contribution in [-0.2, 0) is 68.3 Å². The fourth-order valence-corrected chi connectivity index (χ4v) is 0. The maximum Gasteiger partial charge on any atom is 0.466 e. The molecule has 0 aliphatic rings. The molecule has 0 heterocycles. The zero-order valence-electron chi connectivity index (χ0n) is 8.01. The van der Waals surface area contributed by atoms with E-state index in [1.54, 1.807) is 0 Å². The van der Waals surface area contributed by atoms with Gasteiger partial charge in [0.2, 0.25) is 0 Å². The van der Waals surface area contributed by atoms with Gasteiger partial charge in [-0.3, -0.25) is 0 Å². The molecule has 0 unspecified atom stereocenters. The molecular formula is H9Cd2O12P3. The van der Waals surface area contributed by atoms with Gasteiger partial charge in [0.25, 0.3) is 0 Å². The Labute approximate surface area is 135 Å². The second-order valence-corrected chi connectivity index (χ2v) is 4.62. The molecule has 0 aromatic heterocycles. The van der Waals surface area contributed by atoms with Crippen LogP contribution in [0.25, 0.3) is 0 Å². The monoisotopic (exact) mass is 522 g/mol. The van der Waals surface area contributed by atoms with E-state index in [0.717, 1.165) is 0 Å². The van der Waals surface area contributed by atoms with Crippen LogP contribution in [0.15, 0.2) is 0 Å². The Morgan fingerprint density at radius 2 is 0.412 bits per heavy atom. The maximum atomic E-state index is 8.88. The van der Waals surface area contributed by atoms with Gasteiger partial charge >= 0.3 is 23.5 Å². The van der Waals surface area contributed by atoms with Crippen LogP contribution in [0.1, 0.15) is 0 Å². The van der Waals surface area contributed by atoms with Gasteiger partial charge in [-0.25, -0.2) is 13.7 Å². The summed E-state index contributed by atoms with van der Waals surface area (Å²) in [5.74, 6) is 0. The van der Waals surface area contributed by atoms with Crippen molar-refractivity contribution in [1.82, 2.24) is 0 Å². The second kappa shape index (κ2) is 13.2. The zero-order chi connectivity index (χ0) is 13.5. The van der Waals surface area contributed by atoms with Crippen LogP contribution >= 0.6 is 23.5 Å². The van der Waals surface area contributed by atoms with Crippen molar-refractivity contribution in [2.24, 2.45) is 0 Å². The Hall–Kier alpha value is 2.17.